The van der Waals surface area contributed by atoms with E-state index in [1.165, 1.54) is 25.3 Å². The van der Waals surface area contributed by atoms with Gasteiger partial charge in [-0.15, -0.1) is 0 Å². The minimum Gasteiger partial charge on any atom is -0.475 e. The number of hydrogen-bond acceptors (Lipinski definition) is 3. The molecule has 2 rings (SSSR count). The molecule has 0 saturated carbocycles. The first-order valence-corrected chi connectivity index (χ1v) is 6.18. The number of aromatic carboxylic acids is 1. The van der Waals surface area contributed by atoms with Crippen molar-refractivity contribution in [3.05, 3.63) is 23.7 Å². The van der Waals surface area contributed by atoms with Crippen LogP contribution in [0.15, 0.2) is 16.5 Å². The van der Waals surface area contributed by atoms with Crippen LogP contribution in [0.4, 0.5) is 0 Å². The highest BCUT2D eigenvalue weighted by Gasteiger charge is 2.26. The van der Waals surface area contributed by atoms with Gasteiger partial charge in [0.2, 0.25) is 5.76 Å². The normalized spacial score (nSPS) is 23.5. The lowest BCUT2D eigenvalue weighted by atomic mass is 10.0. The van der Waals surface area contributed by atoms with Gasteiger partial charge in [-0.1, -0.05) is 6.42 Å². The molecule has 0 aromatic carbocycles. The van der Waals surface area contributed by atoms with Gasteiger partial charge in [-0.05, 0) is 45.4 Å². The molecule has 1 aliphatic rings. The summed E-state index contributed by atoms with van der Waals surface area (Å²) in [6.07, 6.45) is 3.70. The average molecular weight is 237 g/mol. The molecular formula is C13H19NO3. The Bertz CT molecular complexity index is 399. The van der Waals surface area contributed by atoms with Gasteiger partial charge in [0, 0.05) is 6.04 Å². The van der Waals surface area contributed by atoms with E-state index in [4.69, 9.17) is 9.52 Å². The number of hydrogen-bond donors (Lipinski definition) is 1. The molecule has 2 unspecified atom stereocenters. The highest BCUT2D eigenvalue weighted by atomic mass is 16.4. The van der Waals surface area contributed by atoms with Crippen molar-refractivity contribution in [2.45, 2.75) is 45.2 Å². The molecular weight excluding hydrogens is 218 g/mol. The molecule has 1 aromatic rings. The van der Waals surface area contributed by atoms with E-state index in [9.17, 15) is 4.79 Å². The van der Waals surface area contributed by atoms with Gasteiger partial charge in [0.25, 0.3) is 0 Å². The first-order chi connectivity index (χ1) is 8.09. The van der Waals surface area contributed by atoms with Crippen LogP contribution >= 0.6 is 0 Å². The van der Waals surface area contributed by atoms with Crippen LogP contribution < -0.4 is 0 Å². The predicted molar refractivity (Wildman–Crippen MR) is 64.1 cm³/mol. The summed E-state index contributed by atoms with van der Waals surface area (Å²) in [6.45, 7) is 5.36. The second kappa shape index (κ2) is 4.92. The fraction of sp³-hybridized carbons (Fsp3) is 0.615. The molecule has 4 nitrogen and oxygen atoms in total. The Morgan fingerprint density at radius 3 is 2.88 bits per heavy atom. The zero-order chi connectivity index (χ0) is 12.4. The summed E-state index contributed by atoms with van der Waals surface area (Å²) >= 11 is 0. The fourth-order valence-corrected chi connectivity index (χ4v) is 2.55. The summed E-state index contributed by atoms with van der Waals surface area (Å²) in [5.74, 6) is -0.234. The Hall–Kier alpha value is -1.29. The second-order valence-electron chi connectivity index (χ2n) is 4.77. The third-order valence-corrected chi connectivity index (χ3v) is 3.60. The second-order valence-corrected chi connectivity index (χ2v) is 4.77. The van der Waals surface area contributed by atoms with Crippen LogP contribution in [-0.4, -0.2) is 28.6 Å². The molecule has 1 fully saturated rings. The lowest BCUT2D eigenvalue weighted by Crippen LogP contribution is -2.39. The first kappa shape index (κ1) is 12.2. The molecule has 0 bridgehead atoms. The fourth-order valence-electron chi connectivity index (χ4n) is 2.55. The molecule has 1 aromatic heterocycles. The Morgan fingerprint density at radius 1 is 1.53 bits per heavy atom. The van der Waals surface area contributed by atoms with Crippen molar-refractivity contribution in [1.82, 2.24) is 4.90 Å². The number of rotatable bonds is 3. The predicted octanol–water partition coefficient (Wildman–Crippen LogP) is 2.91. The van der Waals surface area contributed by atoms with E-state index < -0.39 is 5.97 Å². The number of carbonyl (C=O) groups is 1. The lowest BCUT2D eigenvalue weighted by molar-refractivity contribution is 0.0647. The van der Waals surface area contributed by atoms with Crippen molar-refractivity contribution in [3.8, 4) is 0 Å². The minimum atomic E-state index is -1.00. The van der Waals surface area contributed by atoms with Crippen molar-refractivity contribution in [2.24, 2.45) is 0 Å². The van der Waals surface area contributed by atoms with Crippen molar-refractivity contribution < 1.29 is 14.3 Å². The summed E-state index contributed by atoms with van der Waals surface area (Å²) in [6, 6.07) is 3.99. The molecule has 2 heterocycles. The van der Waals surface area contributed by atoms with Gasteiger partial charge in [0.15, 0.2) is 0 Å². The summed E-state index contributed by atoms with van der Waals surface area (Å²) in [7, 11) is 0. The van der Waals surface area contributed by atoms with Gasteiger partial charge in [0.1, 0.15) is 5.76 Å². The molecule has 0 aliphatic carbocycles. The van der Waals surface area contributed by atoms with Crippen LogP contribution in [-0.2, 0) is 0 Å². The largest absolute Gasteiger partial charge is 0.475 e. The van der Waals surface area contributed by atoms with Gasteiger partial charge in [-0.25, -0.2) is 4.79 Å². The van der Waals surface area contributed by atoms with E-state index in [-0.39, 0.29) is 11.8 Å². The molecule has 0 radical (unpaired) electrons. The number of carboxylic acid groups (broad SMARTS) is 1. The molecule has 1 aliphatic heterocycles. The van der Waals surface area contributed by atoms with Crippen molar-refractivity contribution in [1.29, 1.82) is 0 Å². The van der Waals surface area contributed by atoms with E-state index in [0.29, 0.717) is 6.04 Å². The molecule has 0 spiro atoms. The Kier molecular flexibility index (Phi) is 3.52. The lowest BCUT2D eigenvalue weighted by Gasteiger charge is -2.37. The monoisotopic (exact) mass is 237 g/mol. The van der Waals surface area contributed by atoms with Gasteiger partial charge in [-0.2, -0.15) is 0 Å². The van der Waals surface area contributed by atoms with Crippen LogP contribution in [0, 0.1) is 0 Å². The number of nitrogens with zero attached hydrogens (tertiary/aromatic N) is 1. The Balaban J connectivity index is 2.12. The number of piperidine rings is 1. The molecule has 1 N–H and O–H groups in total. The molecule has 1 saturated heterocycles. The average Bonchev–Trinajstić information content (AvgIpc) is 2.78. The van der Waals surface area contributed by atoms with E-state index in [1.807, 2.05) is 0 Å². The smallest absolute Gasteiger partial charge is 0.371 e. The molecule has 94 valence electrons. The molecule has 17 heavy (non-hydrogen) atoms. The topological polar surface area (TPSA) is 53.7 Å². The minimum absolute atomic E-state index is 0.0245. The van der Waals surface area contributed by atoms with Gasteiger partial charge in [0.05, 0.1) is 6.04 Å². The quantitative estimate of drug-likeness (QED) is 0.878. The van der Waals surface area contributed by atoms with Crippen molar-refractivity contribution in [2.75, 3.05) is 6.54 Å². The number of carboxylic acids is 1. The van der Waals surface area contributed by atoms with Crippen LogP contribution in [0.5, 0.6) is 0 Å². The third kappa shape index (κ3) is 2.52. The highest BCUT2D eigenvalue weighted by molar-refractivity contribution is 5.84. The standard InChI is InChI=1S/C13H19NO3/c1-9-5-3-4-8-14(9)10(2)11-6-7-12(17-11)13(15)16/h6-7,9-10H,3-5,8H2,1-2H3,(H,15,16). The Morgan fingerprint density at radius 2 is 2.29 bits per heavy atom. The zero-order valence-corrected chi connectivity index (χ0v) is 10.3. The van der Waals surface area contributed by atoms with E-state index in [0.717, 1.165) is 12.3 Å². The van der Waals surface area contributed by atoms with Gasteiger partial charge < -0.3 is 9.52 Å². The van der Waals surface area contributed by atoms with Gasteiger partial charge >= 0.3 is 5.97 Å². The Labute approximate surface area is 101 Å². The third-order valence-electron chi connectivity index (χ3n) is 3.60. The van der Waals surface area contributed by atoms with Crippen LogP contribution in [0.1, 0.15) is 55.5 Å². The van der Waals surface area contributed by atoms with Gasteiger partial charge in [-0.3, -0.25) is 4.90 Å². The number of furan rings is 1. The van der Waals surface area contributed by atoms with E-state index in [2.05, 4.69) is 18.7 Å². The maximum atomic E-state index is 10.8. The summed E-state index contributed by atoms with van der Waals surface area (Å²) < 4.78 is 5.37. The molecule has 0 amide bonds. The highest BCUT2D eigenvalue weighted by Crippen LogP contribution is 2.29. The van der Waals surface area contributed by atoms with E-state index in [1.54, 1.807) is 6.07 Å². The van der Waals surface area contributed by atoms with Crippen molar-refractivity contribution in [3.63, 3.8) is 0 Å². The maximum Gasteiger partial charge on any atom is 0.371 e. The van der Waals surface area contributed by atoms with Crippen LogP contribution in [0.3, 0.4) is 0 Å². The van der Waals surface area contributed by atoms with E-state index >= 15 is 0 Å². The first-order valence-electron chi connectivity index (χ1n) is 6.18. The van der Waals surface area contributed by atoms with Crippen LogP contribution in [0.2, 0.25) is 0 Å². The summed E-state index contributed by atoms with van der Waals surface area (Å²) in [4.78, 5) is 13.2. The summed E-state index contributed by atoms with van der Waals surface area (Å²) in [5, 5.41) is 8.83. The molecule has 2 atom stereocenters. The zero-order valence-electron chi connectivity index (χ0n) is 10.3. The van der Waals surface area contributed by atoms with Crippen molar-refractivity contribution >= 4 is 5.97 Å². The summed E-state index contributed by atoms with van der Waals surface area (Å²) in [5.41, 5.74) is 0. The number of likely N-dealkylation sites (tertiary alicyclic amines) is 1. The van der Waals surface area contributed by atoms with Crippen LogP contribution in [0.25, 0.3) is 0 Å². The SMILES string of the molecule is CC1CCCCN1C(C)c1ccc(C(=O)O)o1. The maximum absolute atomic E-state index is 10.8. The molecule has 4 heteroatoms.